The van der Waals surface area contributed by atoms with Gasteiger partial charge in [-0.2, -0.15) is 13.2 Å². The molecular formula is C25H20ClF3N2O3. The minimum Gasteiger partial charge on any atom is -0.505 e. The second-order valence-corrected chi connectivity index (χ2v) is 7.76. The fourth-order valence-corrected chi connectivity index (χ4v) is 3.34. The van der Waals surface area contributed by atoms with Crippen molar-refractivity contribution in [2.45, 2.75) is 19.1 Å². The Bertz CT molecular complexity index is 1280. The molecule has 0 aliphatic carbocycles. The third-order valence-electron chi connectivity index (χ3n) is 4.85. The molecule has 0 radical (unpaired) electrons. The molecule has 3 N–H and O–H groups in total. The number of carboxylic acids is 1. The van der Waals surface area contributed by atoms with Crippen molar-refractivity contribution in [1.82, 2.24) is 4.98 Å². The Morgan fingerprint density at radius 2 is 1.56 bits per heavy atom. The third kappa shape index (κ3) is 6.17. The van der Waals surface area contributed by atoms with Crippen LogP contribution in [0.2, 0.25) is 5.02 Å². The molecule has 4 rings (SSSR count). The summed E-state index contributed by atoms with van der Waals surface area (Å²) >= 11 is 6.07. The predicted molar refractivity (Wildman–Crippen MR) is 125 cm³/mol. The quantitative estimate of drug-likeness (QED) is 0.296. The van der Waals surface area contributed by atoms with E-state index in [1.54, 1.807) is 0 Å². The molecule has 0 aliphatic heterocycles. The van der Waals surface area contributed by atoms with Crippen molar-refractivity contribution in [3.8, 4) is 5.75 Å². The molecule has 0 saturated heterocycles. The minimum atomic E-state index is -5.08. The number of anilines is 1. The molecule has 1 aromatic heterocycles. The van der Waals surface area contributed by atoms with Crippen LogP contribution >= 0.6 is 11.6 Å². The van der Waals surface area contributed by atoms with Crippen LogP contribution in [0.5, 0.6) is 5.75 Å². The molecule has 1 unspecified atom stereocenters. The zero-order valence-electron chi connectivity index (χ0n) is 17.8. The molecule has 0 saturated carbocycles. The van der Waals surface area contributed by atoms with E-state index < -0.39 is 12.1 Å². The number of pyridine rings is 1. The van der Waals surface area contributed by atoms with Crippen LogP contribution in [-0.4, -0.2) is 27.3 Å². The number of aromatic hydroxyl groups is 1. The minimum absolute atomic E-state index is 0.194. The van der Waals surface area contributed by atoms with Crippen molar-refractivity contribution in [3.63, 3.8) is 0 Å². The molecule has 0 amide bonds. The number of aryl methyl sites for hydroxylation is 1. The van der Waals surface area contributed by atoms with Gasteiger partial charge in [0, 0.05) is 27.4 Å². The van der Waals surface area contributed by atoms with Gasteiger partial charge in [-0.1, -0.05) is 60.1 Å². The van der Waals surface area contributed by atoms with E-state index in [9.17, 15) is 18.3 Å². The first-order chi connectivity index (χ1) is 16.1. The predicted octanol–water partition coefficient (Wildman–Crippen LogP) is 6.74. The summed E-state index contributed by atoms with van der Waals surface area (Å²) in [7, 11) is 0. The number of para-hydroxylation sites is 1. The second kappa shape index (κ2) is 10.4. The molecule has 5 nitrogen and oxygen atoms in total. The van der Waals surface area contributed by atoms with Gasteiger partial charge in [-0.25, -0.2) is 9.78 Å². The van der Waals surface area contributed by atoms with Gasteiger partial charge in [-0.15, -0.1) is 0 Å². The number of nitrogens with zero attached hydrogens (tertiary/aromatic N) is 1. The van der Waals surface area contributed by atoms with Crippen LogP contribution in [0.25, 0.3) is 10.9 Å². The van der Waals surface area contributed by atoms with Crippen LogP contribution in [0, 0.1) is 6.92 Å². The Morgan fingerprint density at radius 1 is 0.971 bits per heavy atom. The number of nitrogens with one attached hydrogen (secondary N) is 1. The second-order valence-electron chi connectivity index (χ2n) is 7.33. The number of halogens is 4. The maximum atomic E-state index is 11.0. The molecule has 9 heteroatoms. The van der Waals surface area contributed by atoms with E-state index in [-0.39, 0.29) is 11.8 Å². The summed E-state index contributed by atoms with van der Waals surface area (Å²) in [6.07, 6.45) is -5.08. The Hall–Kier alpha value is -3.78. The highest BCUT2D eigenvalue weighted by Gasteiger charge is 2.38. The highest BCUT2D eigenvalue weighted by atomic mass is 35.5. The number of carboxylic acid groups (broad SMARTS) is 1. The van der Waals surface area contributed by atoms with Crippen LogP contribution < -0.4 is 5.32 Å². The number of carbonyl (C=O) groups is 1. The summed E-state index contributed by atoms with van der Waals surface area (Å²) in [4.78, 5) is 13.4. The number of rotatable bonds is 4. The van der Waals surface area contributed by atoms with Gasteiger partial charge in [0.2, 0.25) is 0 Å². The molecular weight excluding hydrogens is 469 g/mol. The van der Waals surface area contributed by atoms with Crippen molar-refractivity contribution in [3.05, 3.63) is 101 Å². The molecule has 0 bridgehead atoms. The molecule has 0 spiro atoms. The number of fused-ring (bicyclic) bond motifs is 1. The number of aromatic nitrogens is 1. The number of hydrogen-bond donors (Lipinski definition) is 3. The molecule has 3 aromatic carbocycles. The van der Waals surface area contributed by atoms with Gasteiger partial charge in [0.1, 0.15) is 11.3 Å². The Balaban J connectivity index is 0.000000406. The maximum Gasteiger partial charge on any atom is 0.490 e. The van der Waals surface area contributed by atoms with Gasteiger partial charge in [-0.3, -0.25) is 0 Å². The smallest absolute Gasteiger partial charge is 0.490 e. The summed E-state index contributed by atoms with van der Waals surface area (Å²) in [5.41, 5.74) is 4.22. The first-order valence-electron chi connectivity index (χ1n) is 10.0. The molecule has 1 atom stereocenters. The standard InChI is InChI=1S/C23H19ClN2O.C2HF3O2/c1-15-7-8-17-11-14-20(23(27)22(17)25-15)21(16-9-12-18(24)13-10-16)26-19-5-3-2-4-6-19;3-2(4,5)1(6)7/h2-14,21,26-27H,1H3;(H,6,7). The van der Waals surface area contributed by atoms with Crippen molar-refractivity contribution in [2.24, 2.45) is 0 Å². The monoisotopic (exact) mass is 488 g/mol. The van der Waals surface area contributed by atoms with Gasteiger partial charge in [0.05, 0.1) is 6.04 Å². The van der Waals surface area contributed by atoms with Crippen LogP contribution in [0.15, 0.2) is 78.9 Å². The fraction of sp³-hybridized carbons (Fsp3) is 0.120. The Morgan fingerprint density at radius 3 is 2.15 bits per heavy atom. The molecule has 0 fully saturated rings. The molecule has 34 heavy (non-hydrogen) atoms. The summed E-state index contributed by atoms with van der Waals surface area (Å²) in [5, 5.41) is 23.2. The van der Waals surface area contributed by atoms with Gasteiger partial charge in [-0.05, 0) is 42.8 Å². The first kappa shape index (κ1) is 24.9. The fourth-order valence-electron chi connectivity index (χ4n) is 3.22. The zero-order valence-corrected chi connectivity index (χ0v) is 18.6. The van der Waals surface area contributed by atoms with Gasteiger partial charge < -0.3 is 15.5 Å². The number of aliphatic carboxylic acids is 1. The SMILES string of the molecule is Cc1ccc2ccc(C(Nc3ccccc3)c3ccc(Cl)cc3)c(O)c2n1.O=C(O)C(F)(F)F. The molecule has 176 valence electrons. The summed E-state index contributed by atoms with van der Waals surface area (Å²) in [6.45, 7) is 1.92. The van der Waals surface area contributed by atoms with Crippen LogP contribution in [-0.2, 0) is 4.79 Å². The van der Waals surface area contributed by atoms with Crippen molar-refractivity contribution in [1.29, 1.82) is 0 Å². The highest BCUT2D eigenvalue weighted by molar-refractivity contribution is 6.30. The van der Waals surface area contributed by atoms with E-state index in [4.69, 9.17) is 21.5 Å². The number of phenolic OH excluding ortho intramolecular Hbond substituents is 1. The van der Waals surface area contributed by atoms with E-state index in [1.807, 2.05) is 85.8 Å². The number of alkyl halides is 3. The van der Waals surface area contributed by atoms with Crippen LogP contribution in [0.3, 0.4) is 0 Å². The Kier molecular flexibility index (Phi) is 7.63. The summed E-state index contributed by atoms with van der Waals surface area (Å²) in [5.74, 6) is -2.56. The zero-order chi connectivity index (χ0) is 24.9. The average molecular weight is 489 g/mol. The molecule has 0 aliphatic rings. The topological polar surface area (TPSA) is 82.5 Å². The van der Waals surface area contributed by atoms with Crippen molar-refractivity contribution >= 4 is 34.2 Å². The first-order valence-corrected chi connectivity index (χ1v) is 10.4. The lowest BCUT2D eigenvalue weighted by molar-refractivity contribution is -0.192. The lowest BCUT2D eigenvalue weighted by Crippen LogP contribution is -2.21. The average Bonchev–Trinajstić information content (AvgIpc) is 2.80. The molecule has 4 aromatic rings. The van der Waals surface area contributed by atoms with E-state index >= 15 is 0 Å². The molecule has 1 heterocycles. The van der Waals surface area contributed by atoms with Crippen molar-refractivity contribution < 1.29 is 28.2 Å². The number of hydrogen-bond acceptors (Lipinski definition) is 4. The summed E-state index contributed by atoms with van der Waals surface area (Å²) in [6, 6.07) is 25.2. The highest BCUT2D eigenvalue weighted by Crippen LogP contribution is 2.37. The largest absolute Gasteiger partial charge is 0.505 e. The number of benzene rings is 3. The van der Waals surface area contributed by atoms with Crippen molar-refractivity contribution in [2.75, 3.05) is 5.32 Å². The van der Waals surface area contributed by atoms with Gasteiger partial charge >= 0.3 is 12.1 Å². The van der Waals surface area contributed by atoms with E-state index in [0.717, 1.165) is 27.9 Å². The maximum absolute atomic E-state index is 11.0. The van der Waals surface area contributed by atoms with E-state index in [2.05, 4.69) is 10.3 Å². The van der Waals surface area contributed by atoms with E-state index in [0.29, 0.717) is 10.5 Å². The van der Waals surface area contributed by atoms with Gasteiger partial charge in [0.15, 0.2) is 0 Å². The van der Waals surface area contributed by atoms with Crippen LogP contribution in [0.4, 0.5) is 18.9 Å². The van der Waals surface area contributed by atoms with E-state index in [1.165, 1.54) is 0 Å². The normalized spacial score (nSPS) is 11.9. The van der Waals surface area contributed by atoms with Crippen LogP contribution in [0.1, 0.15) is 22.9 Å². The lowest BCUT2D eigenvalue weighted by Gasteiger charge is -2.22. The lowest BCUT2D eigenvalue weighted by atomic mass is 9.96. The summed E-state index contributed by atoms with van der Waals surface area (Å²) < 4.78 is 31.7. The van der Waals surface area contributed by atoms with Gasteiger partial charge in [0.25, 0.3) is 0 Å². The Labute approximate surface area is 198 Å². The third-order valence-corrected chi connectivity index (χ3v) is 5.10. The number of phenols is 1.